The van der Waals surface area contributed by atoms with E-state index in [9.17, 15) is 4.79 Å². The Morgan fingerprint density at radius 1 is 1.05 bits per heavy atom. The molecule has 0 radical (unpaired) electrons. The molecule has 5 nitrogen and oxygen atoms in total. The maximum atomic E-state index is 10.8. The van der Waals surface area contributed by atoms with Gasteiger partial charge in [-0.1, -0.05) is 6.07 Å². The van der Waals surface area contributed by atoms with Crippen LogP contribution in [0.25, 0.3) is 0 Å². The largest absolute Gasteiger partial charge is 0.486 e. The molecule has 0 saturated carbocycles. The highest BCUT2D eigenvalue weighted by Gasteiger charge is 2.11. The zero-order valence-corrected chi connectivity index (χ0v) is 11.3. The Morgan fingerprint density at radius 3 is 2.48 bits per heavy atom. The third-order valence-electron chi connectivity index (χ3n) is 3.24. The van der Waals surface area contributed by atoms with Gasteiger partial charge >= 0.3 is 5.97 Å². The Kier molecular flexibility index (Phi) is 3.64. The van der Waals surface area contributed by atoms with Gasteiger partial charge in [-0.05, 0) is 42.0 Å². The molecule has 0 aromatic heterocycles. The number of aromatic carboxylic acids is 1. The van der Waals surface area contributed by atoms with Crippen molar-refractivity contribution in [1.82, 2.24) is 0 Å². The Morgan fingerprint density at radius 2 is 1.76 bits per heavy atom. The highest BCUT2D eigenvalue weighted by atomic mass is 16.6. The summed E-state index contributed by atoms with van der Waals surface area (Å²) < 4.78 is 11.0. The van der Waals surface area contributed by atoms with E-state index in [2.05, 4.69) is 5.32 Å². The Balaban J connectivity index is 1.65. The molecule has 5 heteroatoms. The number of ether oxygens (including phenoxy) is 2. The van der Waals surface area contributed by atoms with Gasteiger partial charge in [0.1, 0.15) is 13.2 Å². The van der Waals surface area contributed by atoms with Crippen LogP contribution < -0.4 is 14.8 Å². The van der Waals surface area contributed by atoms with E-state index in [-0.39, 0.29) is 5.56 Å². The van der Waals surface area contributed by atoms with Crippen molar-refractivity contribution >= 4 is 11.7 Å². The SMILES string of the molecule is O=C(O)c1ccc(NCc2ccc3c(c2)OCCO3)cc1. The van der Waals surface area contributed by atoms with Crippen LogP contribution in [0.4, 0.5) is 5.69 Å². The van der Waals surface area contributed by atoms with Crippen LogP contribution in [0.1, 0.15) is 15.9 Å². The van der Waals surface area contributed by atoms with Crippen LogP contribution in [0.2, 0.25) is 0 Å². The molecule has 0 spiro atoms. The fourth-order valence-electron chi connectivity index (χ4n) is 2.13. The molecule has 2 aromatic carbocycles. The summed E-state index contributed by atoms with van der Waals surface area (Å²) in [5.74, 6) is 0.617. The molecule has 0 bridgehead atoms. The van der Waals surface area contributed by atoms with E-state index < -0.39 is 5.97 Å². The lowest BCUT2D eigenvalue weighted by Gasteiger charge is -2.19. The highest BCUT2D eigenvalue weighted by molar-refractivity contribution is 5.87. The molecular weight excluding hydrogens is 270 g/mol. The molecule has 0 saturated heterocycles. The summed E-state index contributed by atoms with van der Waals surface area (Å²) >= 11 is 0. The number of benzene rings is 2. The van der Waals surface area contributed by atoms with Crippen molar-refractivity contribution in [2.24, 2.45) is 0 Å². The third kappa shape index (κ3) is 3.08. The number of rotatable bonds is 4. The molecular formula is C16H15NO4. The average molecular weight is 285 g/mol. The molecule has 1 aliphatic rings. The van der Waals surface area contributed by atoms with E-state index in [1.54, 1.807) is 24.3 Å². The van der Waals surface area contributed by atoms with Crippen LogP contribution in [-0.2, 0) is 6.54 Å². The predicted molar refractivity (Wildman–Crippen MR) is 78.2 cm³/mol. The van der Waals surface area contributed by atoms with Crippen LogP contribution >= 0.6 is 0 Å². The van der Waals surface area contributed by atoms with Crippen molar-refractivity contribution in [3.8, 4) is 11.5 Å². The summed E-state index contributed by atoms with van der Waals surface area (Å²) in [6.07, 6.45) is 0. The Hall–Kier alpha value is -2.69. The van der Waals surface area contributed by atoms with Crippen LogP contribution in [0, 0.1) is 0 Å². The number of carboxylic acids is 1. The zero-order chi connectivity index (χ0) is 14.7. The molecule has 0 unspecified atom stereocenters. The smallest absolute Gasteiger partial charge is 0.335 e. The number of carboxylic acid groups (broad SMARTS) is 1. The number of anilines is 1. The summed E-state index contributed by atoms with van der Waals surface area (Å²) in [5.41, 5.74) is 2.22. The minimum atomic E-state index is -0.923. The molecule has 0 fully saturated rings. The van der Waals surface area contributed by atoms with Gasteiger partial charge in [-0.25, -0.2) is 4.79 Å². The van der Waals surface area contributed by atoms with Crippen LogP contribution in [0.5, 0.6) is 11.5 Å². The summed E-state index contributed by atoms with van der Waals surface area (Å²) in [6, 6.07) is 12.5. The van der Waals surface area contributed by atoms with Crippen LogP contribution in [-0.4, -0.2) is 24.3 Å². The number of hydrogen-bond acceptors (Lipinski definition) is 4. The van der Waals surface area contributed by atoms with Gasteiger partial charge in [0.15, 0.2) is 11.5 Å². The average Bonchev–Trinajstić information content (AvgIpc) is 2.53. The van der Waals surface area contributed by atoms with Gasteiger partial charge in [0.05, 0.1) is 5.56 Å². The van der Waals surface area contributed by atoms with Crippen molar-refractivity contribution in [3.63, 3.8) is 0 Å². The molecule has 0 amide bonds. The molecule has 0 atom stereocenters. The molecule has 2 N–H and O–H groups in total. The van der Waals surface area contributed by atoms with Crippen LogP contribution in [0.15, 0.2) is 42.5 Å². The number of carbonyl (C=O) groups is 1. The summed E-state index contributed by atoms with van der Waals surface area (Å²) in [6.45, 7) is 1.78. The maximum absolute atomic E-state index is 10.8. The summed E-state index contributed by atoms with van der Waals surface area (Å²) in [7, 11) is 0. The minimum Gasteiger partial charge on any atom is -0.486 e. The standard InChI is InChI=1S/C16H15NO4/c18-16(19)12-2-4-13(5-3-12)17-10-11-1-6-14-15(9-11)21-8-7-20-14/h1-6,9,17H,7-8,10H2,(H,18,19). The fraction of sp³-hybridized carbons (Fsp3) is 0.188. The second kappa shape index (κ2) is 5.75. The first-order chi connectivity index (χ1) is 10.2. The summed E-state index contributed by atoms with van der Waals surface area (Å²) in [5, 5.41) is 12.1. The van der Waals surface area contributed by atoms with Crippen molar-refractivity contribution in [1.29, 1.82) is 0 Å². The van der Waals surface area contributed by atoms with Gasteiger partial charge in [0.2, 0.25) is 0 Å². The zero-order valence-electron chi connectivity index (χ0n) is 11.3. The van der Waals surface area contributed by atoms with Gasteiger partial charge < -0.3 is 19.9 Å². The van der Waals surface area contributed by atoms with Crippen molar-refractivity contribution < 1.29 is 19.4 Å². The topological polar surface area (TPSA) is 67.8 Å². The quantitative estimate of drug-likeness (QED) is 0.904. The molecule has 2 aromatic rings. The third-order valence-corrected chi connectivity index (χ3v) is 3.24. The monoisotopic (exact) mass is 285 g/mol. The first kappa shape index (κ1) is 13.3. The van der Waals surface area contributed by atoms with E-state index in [1.165, 1.54) is 0 Å². The van der Waals surface area contributed by atoms with Gasteiger partial charge in [-0.3, -0.25) is 0 Å². The van der Waals surface area contributed by atoms with Crippen molar-refractivity contribution in [2.75, 3.05) is 18.5 Å². The summed E-state index contributed by atoms with van der Waals surface area (Å²) in [4.78, 5) is 10.8. The normalized spacial score (nSPS) is 12.8. The molecule has 21 heavy (non-hydrogen) atoms. The lowest BCUT2D eigenvalue weighted by Crippen LogP contribution is -2.15. The van der Waals surface area contributed by atoms with Gasteiger partial charge in [-0.2, -0.15) is 0 Å². The molecule has 1 heterocycles. The fourth-order valence-corrected chi connectivity index (χ4v) is 2.13. The molecule has 3 rings (SSSR count). The number of hydrogen-bond donors (Lipinski definition) is 2. The van der Waals surface area contributed by atoms with E-state index >= 15 is 0 Å². The minimum absolute atomic E-state index is 0.278. The number of nitrogens with one attached hydrogen (secondary N) is 1. The van der Waals surface area contributed by atoms with Crippen molar-refractivity contribution in [3.05, 3.63) is 53.6 Å². The lowest BCUT2D eigenvalue weighted by molar-refractivity contribution is 0.0697. The second-order valence-electron chi connectivity index (χ2n) is 4.71. The lowest BCUT2D eigenvalue weighted by atomic mass is 10.1. The molecule has 0 aliphatic carbocycles. The molecule has 1 aliphatic heterocycles. The Bertz CT molecular complexity index is 652. The number of fused-ring (bicyclic) bond motifs is 1. The van der Waals surface area contributed by atoms with E-state index in [0.29, 0.717) is 19.8 Å². The molecule has 108 valence electrons. The van der Waals surface area contributed by atoms with E-state index in [1.807, 2.05) is 18.2 Å². The predicted octanol–water partition coefficient (Wildman–Crippen LogP) is 2.77. The van der Waals surface area contributed by atoms with Crippen molar-refractivity contribution in [2.45, 2.75) is 6.54 Å². The maximum Gasteiger partial charge on any atom is 0.335 e. The Labute approximate surface area is 122 Å². The van der Waals surface area contributed by atoms with E-state index in [0.717, 1.165) is 22.7 Å². The van der Waals surface area contributed by atoms with Gasteiger partial charge in [0, 0.05) is 12.2 Å². The van der Waals surface area contributed by atoms with E-state index in [4.69, 9.17) is 14.6 Å². The van der Waals surface area contributed by atoms with Gasteiger partial charge in [-0.15, -0.1) is 0 Å². The highest BCUT2D eigenvalue weighted by Crippen LogP contribution is 2.30. The first-order valence-electron chi connectivity index (χ1n) is 6.68. The first-order valence-corrected chi connectivity index (χ1v) is 6.68. The van der Waals surface area contributed by atoms with Gasteiger partial charge in [0.25, 0.3) is 0 Å². The second-order valence-corrected chi connectivity index (χ2v) is 4.71. The van der Waals surface area contributed by atoms with Crippen LogP contribution in [0.3, 0.4) is 0 Å².